The lowest BCUT2D eigenvalue weighted by Gasteiger charge is -2.23. The smallest absolute Gasteiger partial charge is 0.254 e. The van der Waals surface area contributed by atoms with Crippen molar-refractivity contribution in [1.29, 1.82) is 0 Å². The van der Waals surface area contributed by atoms with Crippen molar-refractivity contribution < 1.29 is 19.0 Å². The predicted molar refractivity (Wildman–Crippen MR) is 125 cm³/mol. The van der Waals surface area contributed by atoms with E-state index in [1.54, 1.807) is 37.7 Å². The lowest BCUT2D eigenvalue weighted by atomic mass is 10.1. The third-order valence-electron chi connectivity index (χ3n) is 5.41. The third-order valence-corrected chi connectivity index (χ3v) is 6.24. The van der Waals surface area contributed by atoms with Gasteiger partial charge in [0.1, 0.15) is 6.61 Å². The number of aromatic nitrogens is 1. The molecule has 1 amide bonds. The predicted octanol–water partition coefficient (Wildman–Crippen LogP) is 4.09. The standard InChI is InChI=1S/C24H27N3O4S/c1-29-20-15-19(16-21(30-2)22(20)31-17-18-7-4-3-5-8-18)23(28)26-10-6-11-27(13-12-26)24-25-9-14-32-24/h3-5,7-9,14-16H,6,10-13,17H2,1-2H3. The number of anilines is 1. The van der Waals surface area contributed by atoms with Gasteiger partial charge in [0, 0.05) is 43.3 Å². The molecule has 0 bridgehead atoms. The van der Waals surface area contributed by atoms with Crippen LogP contribution in [0, 0.1) is 0 Å². The molecule has 8 heteroatoms. The Balaban J connectivity index is 1.50. The van der Waals surface area contributed by atoms with Gasteiger partial charge in [0.05, 0.1) is 14.2 Å². The molecule has 1 aromatic heterocycles. The minimum Gasteiger partial charge on any atom is -0.493 e. The van der Waals surface area contributed by atoms with Crippen molar-refractivity contribution in [3.63, 3.8) is 0 Å². The number of hydrogen-bond acceptors (Lipinski definition) is 7. The summed E-state index contributed by atoms with van der Waals surface area (Å²) in [6.45, 7) is 3.34. The molecule has 1 saturated heterocycles. The molecule has 4 rings (SSSR count). The molecular formula is C24H27N3O4S. The van der Waals surface area contributed by atoms with E-state index in [0.29, 0.717) is 42.5 Å². The fourth-order valence-electron chi connectivity index (χ4n) is 3.74. The van der Waals surface area contributed by atoms with Crippen LogP contribution in [-0.4, -0.2) is 56.2 Å². The second-order valence-electron chi connectivity index (χ2n) is 7.43. The maximum atomic E-state index is 13.3. The van der Waals surface area contributed by atoms with Crippen LogP contribution in [0.25, 0.3) is 0 Å². The molecule has 0 spiro atoms. The lowest BCUT2D eigenvalue weighted by molar-refractivity contribution is 0.0766. The quantitative estimate of drug-likeness (QED) is 0.537. The molecule has 2 aromatic carbocycles. The van der Waals surface area contributed by atoms with Gasteiger partial charge in [-0.2, -0.15) is 0 Å². The molecule has 1 aliphatic rings. The van der Waals surface area contributed by atoms with E-state index in [2.05, 4.69) is 9.88 Å². The van der Waals surface area contributed by atoms with Crippen LogP contribution in [0.5, 0.6) is 17.2 Å². The van der Waals surface area contributed by atoms with Crippen LogP contribution in [0.15, 0.2) is 54.0 Å². The van der Waals surface area contributed by atoms with Crippen LogP contribution in [0.1, 0.15) is 22.3 Å². The van der Waals surface area contributed by atoms with E-state index in [4.69, 9.17) is 14.2 Å². The highest BCUT2D eigenvalue weighted by atomic mass is 32.1. The zero-order valence-corrected chi connectivity index (χ0v) is 19.1. The van der Waals surface area contributed by atoms with E-state index in [1.165, 1.54) is 0 Å². The minimum atomic E-state index is -0.0443. The van der Waals surface area contributed by atoms with Crippen LogP contribution >= 0.6 is 11.3 Å². The lowest BCUT2D eigenvalue weighted by Crippen LogP contribution is -2.35. The molecule has 0 aliphatic carbocycles. The largest absolute Gasteiger partial charge is 0.493 e. The van der Waals surface area contributed by atoms with Gasteiger partial charge in [-0.1, -0.05) is 30.3 Å². The highest BCUT2D eigenvalue weighted by Crippen LogP contribution is 2.39. The molecule has 2 heterocycles. The Morgan fingerprint density at radius 3 is 2.44 bits per heavy atom. The number of hydrogen-bond donors (Lipinski definition) is 0. The second kappa shape index (κ2) is 10.4. The van der Waals surface area contributed by atoms with E-state index in [-0.39, 0.29) is 5.91 Å². The first-order valence-corrected chi connectivity index (χ1v) is 11.4. The van der Waals surface area contributed by atoms with Gasteiger partial charge in [-0.25, -0.2) is 4.98 Å². The Morgan fingerprint density at radius 1 is 1.03 bits per heavy atom. The number of thiazole rings is 1. The number of carbonyl (C=O) groups excluding carboxylic acids is 1. The van der Waals surface area contributed by atoms with Crippen molar-refractivity contribution >= 4 is 22.4 Å². The van der Waals surface area contributed by atoms with Gasteiger partial charge in [-0.15, -0.1) is 11.3 Å². The Morgan fingerprint density at radius 2 is 1.78 bits per heavy atom. The van der Waals surface area contributed by atoms with Crippen molar-refractivity contribution in [3.8, 4) is 17.2 Å². The van der Waals surface area contributed by atoms with Gasteiger partial charge < -0.3 is 24.0 Å². The molecule has 7 nitrogen and oxygen atoms in total. The van der Waals surface area contributed by atoms with Gasteiger partial charge in [-0.05, 0) is 24.1 Å². The zero-order chi connectivity index (χ0) is 22.3. The normalized spacial score (nSPS) is 14.1. The molecule has 0 N–H and O–H groups in total. The van der Waals surface area contributed by atoms with Crippen molar-refractivity contribution in [2.24, 2.45) is 0 Å². The molecule has 1 aliphatic heterocycles. The molecule has 1 fully saturated rings. The summed E-state index contributed by atoms with van der Waals surface area (Å²) in [5.41, 5.74) is 1.56. The second-order valence-corrected chi connectivity index (χ2v) is 8.30. The molecule has 0 atom stereocenters. The number of benzene rings is 2. The molecule has 32 heavy (non-hydrogen) atoms. The monoisotopic (exact) mass is 453 g/mol. The first-order chi connectivity index (χ1) is 15.7. The van der Waals surface area contributed by atoms with Gasteiger partial charge in [0.2, 0.25) is 5.75 Å². The number of ether oxygens (including phenoxy) is 3. The summed E-state index contributed by atoms with van der Waals surface area (Å²) in [6.07, 6.45) is 2.70. The van der Waals surface area contributed by atoms with E-state index in [9.17, 15) is 4.79 Å². The topological polar surface area (TPSA) is 64.1 Å². The Bertz CT molecular complexity index is 1000. The highest BCUT2D eigenvalue weighted by Gasteiger charge is 2.24. The van der Waals surface area contributed by atoms with E-state index < -0.39 is 0 Å². The fourth-order valence-corrected chi connectivity index (χ4v) is 4.44. The Labute approximate surface area is 192 Å². The SMILES string of the molecule is COc1cc(C(=O)N2CCCN(c3nccs3)CC2)cc(OC)c1OCc1ccccc1. The average molecular weight is 454 g/mol. The molecule has 168 valence electrons. The van der Waals surface area contributed by atoms with E-state index in [1.807, 2.05) is 46.8 Å². The number of methoxy groups -OCH3 is 2. The molecule has 0 radical (unpaired) electrons. The fraction of sp³-hybridized carbons (Fsp3) is 0.333. The van der Waals surface area contributed by atoms with Crippen LogP contribution in [0.4, 0.5) is 5.13 Å². The average Bonchev–Trinajstić information content (AvgIpc) is 3.27. The maximum Gasteiger partial charge on any atom is 0.254 e. The molecule has 0 saturated carbocycles. The summed E-state index contributed by atoms with van der Waals surface area (Å²) in [6, 6.07) is 13.3. The third kappa shape index (κ3) is 4.96. The summed E-state index contributed by atoms with van der Waals surface area (Å²) in [5.74, 6) is 1.39. The summed E-state index contributed by atoms with van der Waals surface area (Å²) in [7, 11) is 3.13. The summed E-state index contributed by atoms with van der Waals surface area (Å²) in [4.78, 5) is 21.8. The number of carbonyl (C=O) groups is 1. The van der Waals surface area contributed by atoms with Gasteiger partial charge in [0.15, 0.2) is 16.6 Å². The van der Waals surface area contributed by atoms with Crippen LogP contribution in [0.3, 0.4) is 0 Å². The molecular weight excluding hydrogens is 426 g/mol. The van der Waals surface area contributed by atoms with E-state index >= 15 is 0 Å². The van der Waals surface area contributed by atoms with Crippen molar-refractivity contribution in [3.05, 3.63) is 65.2 Å². The number of rotatable bonds is 7. The van der Waals surface area contributed by atoms with Gasteiger partial charge in [-0.3, -0.25) is 4.79 Å². The summed E-state index contributed by atoms with van der Waals surface area (Å²) >= 11 is 1.62. The number of nitrogens with zero attached hydrogens (tertiary/aromatic N) is 3. The van der Waals surface area contributed by atoms with Gasteiger partial charge >= 0.3 is 0 Å². The first-order valence-electron chi connectivity index (χ1n) is 10.6. The van der Waals surface area contributed by atoms with E-state index in [0.717, 1.165) is 30.2 Å². The van der Waals surface area contributed by atoms with Crippen LogP contribution < -0.4 is 19.1 Å². The van der Waals surface area contributed by atoms with Crippen molar-refractivity contribution in [2.75, 3.05) is 45.3 Å². The van der Waals surface area contributed by atoms with Crippen molar-refractivity contribution in [2.45, 2.75) is 13.0 Å². The first kappa shape index (κ1) is 22.0. The maximum absolute atomic E-state index is 13.3. The minimum absolute atomic E-state index is 0.0443. The summed E-state index contributed by atoms with van der Waals surface area (Å²) < 4.78 is 17.1. The molecule has 0 unspecified atom stereocenters. The van der Waals surface area contributed by atoms with Crippen LogP contribution in [0.2, 0.25) is 0 Å². The molecule has 3 aromatic rings. The highest BCUT2D eigenvalue weighted by molar-refractivity contribution is 7.13. The number of amides is 1. The van der Waals surface area contributed by atoms with Crippen LogP contribution in [-0.2, 0) is 6.61 Å². The zero-order valence-electron chi connectivity index (χ0n) is 18.3. The van der Waals surface area contributed by atoms with Crippen molar-refractivity contribution in [1.82, 2.24) is 9.88 Å². The Kier molecular flexibility index (Phi) is 7.11. The summed E-state index contributed by atoms with van der Waals surface area (Å²) in [5, 5.41) is 2.98. The Hall–Kier alpha value is -3.26. The van der Waals surface area contributed by atoms with Gasteiger partial charge in [0.25, 0.3) is 5.91 Å².